The van der Waals surface area contributed by atoms with Crippen molar-refractivity contribution in [1.82, 2.24) is 0 Å². The molecule has 1 amide bonds. The lowest BCUT2D eigenvalue weighted by Gasteiger charge is -2.13. The van der Waals surface area contributed by atoms with Gasteiger partial charge in [0.1, 0.15) is 0 Å². The summed E-state index contributed by atoms with van der Waals surface area (Å²) in [6.07, 6.45) is 6.16. The van der Waals surface area contributed by atoms with E-state index in [1.165, 1.54) is 5.56 Å². The zero-order valence-corrected chi connectivity index (χ0v) is 14.5. The van der Waals surface area contributed by atoms with Gasteiger partial charge >= 0.3 is 0 Å². The van der Waals surface area contributed by atoms with Crippen molar-refractivity contribution in [1.29, 1.82) is 5.26 Å². The number of nitriles is 1. The van der Waals surface area contributed by atoms with Gasteiger partial charge < -0.3 is 5.32 Å². The van der Waals surface area contributed by atoms with Crippen LogP contribution in [0.2, 0.25) is 0 Å². The molecule has 1 atom stereocenters. The highest BCUT2D eigenvalue weighted by molar-refractivity contribution is 5.92. The zero-order chi connectivity index (χ0) is 17.5. The van der Waals surface area contributed by atoms with Crippen LogP contribution in [0.4, 0.5) is 5.69 Å². The third-order valence-electron chi connectivity index (χ3n) is 4.42. The highest BCUT2D eigenvalue weighted by atomic mass is 16.2. The number of carbonyl (C=O) groups excluding carboxylic acids is 1. The van der Waals surface area contributed by atoms with Gasteiger partial charge in [0.25, 0.3) is 5.91 Å². The summed E-state index contributed by atoms with van der Waals surface area (Å²) in [5.74, 6) is 0.461. The summed E-state index contributed by atoms with van der Waals surface area (Å²) in [6.45, 7) is 6.25. The minimum atomic E-state index is -0.327. The molecule has 0 aliphatic carbocycles. The molecule has 4 heteroatoms. The third-order valence-corrected chi connectivity index (χ3v) is 4.42. The number of hydrogen-bond acceptors (Lipinski definition) is 2. The Labute approximate surface area is 143 Å². The maximum atomic E-state index is 12.4. The minimum absolute atomic E-state index is 0.106. The van der Waals surface area contributed by atoms with Crippen molar-refractivity contribution in [2.24, 2.45) is 0 Å². The van der Waals surface area contributed by atoms with Crippen LogP contribution in [0.25, 0.3) is 0 Å². The molecule has 0 radical (unpaired) electrons. The van der Waals surface area contributed by atoms with E-state index in [1.807, 2.05) is 23.9 Å². The second kappa shape index (κ2) is 8.26. The first-order valence-corrected chi connectivity index (χ1v) is 8.40. The zero-order valence-electron chi connectivity index (χ0n) is 14.5. The Balaban J connectivity index is 2.08. The standard InChI is InChI=1S/C20H23N3O/c1-4-17(5-2)18-9-11-23(12-10-18)15(3)20(24)22-19-8-6-7-16(13-19)14-21/h6-13,15,17H,4-5H2,1-3H3/p+1/t15-/m0/s1. The number of aromatic nitrogens is 1. The maximum Gasteiger partial charge on any atom is 0.293 e. The Bertz CT molecular complexity index is 727. The van der Waals surface area contributed by atoms with Crippen LogP contribution in [0.3, 0.4) is 0 Å². The maximum absolute atomic E-state index is 12.4. The molecule has 0 fully saturated rings. The molecular weight excluding hydrogens is 298 g/mol. The summed E-state index contributed by atoms with van der Waals surface area (Å²) in [5.41, 5.74) is 2.48. The van der Waals surface area contributed by atoms with E-state index in [0.29, 0.717) is 17.2 Å². The lowest BCUT2D eigenvalue weighted by atomic mass is 9.95. The van der Waals surface area contributed by atoms with E-state index in [2.05, 4.69) is 37.4 Å². The molecule has 0 aliphatic heterocycles. The predicted molar refractivity (Wildman–Crippen MR) is 94.5 cm³/mol. The first kappa shape index (κ1) is 17.7. The summed E-state index contributed by atoms with van der Waals surface area (Å²) in [7, 11) is 0. The molecule has 0 saturated carbocycles. The SMILES string of the molecule is CCC(CC)c1cc[n+]([C@@H](C)C(=O)Nc2cccc(C#N)c2)cc1. The molecule has 0 unspecified atom stereocenters. The van der Waals surface area contributed by atoms with Crippen LogP contribution in [-0.4, -0.2) is 5.91 Å². The fraction of sp³-hybridized carbons (Fsp3) is 0.350. The Morgan fingerprint density at radius 3 is 2.46 bits per heavy atom. The summed E-state index contributed by atoms with van der Waals surface area (Å²) in [5, 5.41) is 11.8. The Kier molecular flexibility index (Phi) is 6.08. The fourth-order valence-electron chi connectivity index (χ4n) is 2.79. The fourth-order valence-corrected chi connectivity index (χ4v) is 2.79. The van der Waals surface area contributed by atoms with Crippen LogP contribution in [-0.2, 0) is 4.79 Å². The number of nitrogens with zero attached hydrogens (tertiary/aromatic N) is 2. The molecule has 1 aromatic heterocycles. The first-order valence-electron chi connectivity index (χ1n) is 8.40. The van der Waals surface area contributed by atoms with E-state index >= 15 is 0 Å². The number of benzene rings is 1. The van der Waals surface area contributed by atoms with Gasteiger partial charge in [-0.3, -0.25) is 4.79 Å². The molecule has 124 valence electrons. The van der Waals surface area contributed by atoms with Crippen molar-refractivity contribution >= 4 is 11.6 Å². The molecule has 0 bridgehead atoms. The number of nitrogens with one attached hydrogen (secondary N) is 1. The van der Waals surface area contributed by atoms with Crippen LogP contribution in [0, 0.1) is 11.3 Å². The largest absolute Gasteiger partial charge is 0.320 e. The molecule has 24 heavy (non-hydrogen) atoms. The van der Waals surface area contributed by atoms with Crippen molar-refractivity contribution < 1.29 is 9.36 Å². The van der Waals surface area contributed by atoms with Crippen LogP contribution >= 0.6 is 0 Å². The average Bonchev–Trinajstić information content (AvgIpc) is 2.63. The van der Waals surface area contributed by atoms with E-state index < -0.39 is 0 Å². The molecular formula is C20H24N3O+. The van der Waals surface area contributed by atoms with E-state index in [4.69, 9.17) is 5.26 Å². The van der Waals surface area contributed by atoms with E-state index in [-0.39, 0.29) is 11.9 Å². The Morgan fingerprint density at radius 1 is 1.21 bits per heavy atom. The summed E-state index contributed by atoms with van der Waals surface area (Å²) < 4.78 is 1.90. The van der Waals surface area contributed by atoms with Gasteiger partial charge in [-0.25, -0.2) is 0 Å². The first-order chi connectivity index (χ1) is 11.6. The molecule has 0 spiro atoms. The molecule has 0 aliphatic rings. The van der Waals surface area contributed by atoms with Gasteiger partial charge in [0.05, 0.1) is 11.6 Å². The highest BCUT2D eigenvalue weighted by Gasteiger charge is 2.22. The van der Waals surface area contributed by atoms with Crippen LogP contribution in [0.15, 0.2) is 48.8 Å². The molecule has 2 rings (SSSR count). The molecule has 4 nitrogen and oxygen atoms in total. The second-order valence-corrected chi connectivity index (χ2v) is 5.95. The average molecular weight is 322 g/mol. The third kappa shape index (κ3) is 4.20. The van der Waals surface area contributed by atoms with Crippen molar-refractivity contribution in [2.75, 3.05) is 5.32 Å². The highest BCUT2D eigenvalue weighted by Crippen LogP contribution is 2.21. The lowest BCUT2D eigenvalue weighted by molar-refractivity contribution is -0.705. The van der Waals surface area contributed by atoms with Gasteiger partial charge in [0.15, 0.2) is 12.4 Å². The predicted octanol–water partition coefficient (Wildman–Crippen LogP) is 3.95. The van der Waals surface area contributed by atoms with Gasteiger partial charge in [-0.15, -0.1) is 0 Å². The Morgan fingerprint density at radius 2 is 1.88 bits per heavy atom. The van der Waals surface area contributed by atoms with Crippen molar-refractivity contribution in [3.63, 3.8) is 0 Å². The van der Waals surface area contributed by atoms with Crippen LogP contribution in [0.5, 0.6) is 0 Å². The van der Waals surface area contributed by atoms with E-state index in [9.17, 15) is 4.79 Å². The number of carbonyl (C=O) groups is 1. The molecule has 1 aromatic carbocycles. The topological polar surface area (TPSA) is 56.8 Å². The minimum Gasteiger partial charge on any atom is -0.320 e. The van der Waals surface area contributed by atoms with E-state index in [0.717, 1.165) is 12.8 Å². The van der Waals surface area contributed by atoms with Crippen LogP contribution < -0.4 is 9.88 Å². The van der Waals surface area contributed by atoms with Crippen molar-refractivity contribution in [3.8, 4) is 6.07 Å². The molecule has 1 heterocycles. The van der Waals surface area contributed by atoms with Gasteiger partial charge in [-0.05, 0) is 42.5 Å². The Hall–Kier alpha value is -2.67. The van der Waals surface area contributed by atoms with Crippen LogP contribution in [0.1, 0.15) is 56.7 Å². The number of pyridine rings is 1. The number of amides is 1. The summed E-state index contributed by atoms with van der Waals surface area (Å²) in [4.78, 5) is 12.4. The smallest absolute Gasteiger partial charge is 0.293 e. The molecule has 2 aromatic rings. The van der Waals surface area contributed by atoms with Crippen molar-refractivity contribution in [3.05, 3.63) is 59.9 Å². The van der Waals surface area contributed by atoms with Gasteiger partial charge in [0.2, 0.25) is 6.04 Å². The van der Waals surface area contributed by atoms with Gasteiger partial charge in [-0.1, -0.05) is 19.9 Å². The van der Waals surface area contributed by atoms with E-state index in [1.54, 1.807) is 24.3 Å². The quantitative estimate of drug-likeness (QED) is 0.819. The lowest BCUT2D eigenvalue weighted by Crippen LogP contribution is -2.44. The second-order valence-electron chi connectivity index (χ2n) is 5.95. The molecule has 0 saturated heterocycles. The number of hydrogen-bond donors (Lipinski definition) is 1. The number of rotatable bonds is 6. The van der Waals surface area contributed by atoms with Gasteiger partial charge in [-0.2, -0.15) is 9.83 Å². The normalized spacial score (nSPS) is 11.8. The number of anilines is 1. The summed E-state index contributed by atoms with van der Waals surface area (Å²) >= 11 is 0. The summed E-state index contributed by atoms with van der Waals surface area (Å²) in [6, 6.07) is 12.9. The van der Waals surface area contributed by atoms with Crippen molar-refractivity contribution in [2.45, 2.75) is 45.6 Å². The molecule has 1 N–H and O–H groups in total. The monoisotopic (exact) mass is 322 g/mol. The van der Waals surface area contributed by atoms with Gasteiger partial charge in [0, 0.05) is 24.7 Å².